The fourth-order valence-corrected chi connectivity index (χ4v) is 5.72. The van der Waals surface area contributed by atoms with E-state index >= 15 is 0 Å². The number of aryl methyl sites for hydroxylation is 2. The number of thiophene rings is 1. The van der Waals surface area contributed by atoms with Gasteiger partial charge in [-0.15, -0.1) is 11.3 Å². The zero-order valence-corrected chi connectivity index (χ0v) is 18.5. The van der Waals surface area contributed by atoms with E-state index in [-0.39, 0.29) is 28.6 Å². The van der Waals surface area contributed by atoms with Crippen LogP contribution in [0.3, 0.4) is 0 Å². The average Bonchev–Trinajstić information content (AvgIpc) is 2.92. The summed E-state index contributed by atoms with van der Waals surface area (Å²) in [5.41, 5.74) is 7.47. The lowest BCUT2D eigenvalue weighted by molar-refractivity contribution is 0.0462. The van der Waals surface area contributed by atoms with Crippen molar-refractivity contribution in [1.82, 2.24) is 9.97 Å². The minimum absolute atomic E-state index is 0.0155. The second kappa shape index (κ2) is 8.40. The normalized spacial score (nSPS) is 14.1. The molecule has 0 spiro atoms. The predicted octanol–water partition coefficient (Wildman–Crippen LogP) is 2.56. The van der Waals surface area contributed by atoms with Crippen molar-refractivity contribution in [2.45, 2.75) is 43.6 Å². The minimum Gasteiger partial charge on any atom is -0.495 e. The highest BCUT2D eigenvalue weighted by Crippen LogP contribution is 2.37. The predicted molar refractivity (Wildman–Crippen MR) is 117 cm³/mol. The maximum Gasteiger partial charge on any atom is 0.338 e. The van der Waals surface area contributed by atoms with Crippen molar-refractivity contribution in [3.63, 3.8) is 0 Å². The van der Waals surface area contributed by atoms with Crippen LogP contribution in [0.1, 0.15) is 45.9 Å². The third-order valence-electron chi connectivity index (χ3n) is 5.18. The first-order valence-corrected chi connectivity index (χ1v) is 12.1. The zero-order valence-electron chi connectivity index (χ0n) is 16.9. The van der Waals surface area contributed by atoms with Gasteiger partial charge in [0, 0.05) is 4.88 Å². The maximum atomic E-state index is 12.5. The molecule has 2 aromatic heterocycles. The summed E-state index contributed by atoms with van der Waals surface area (Å²) >= 11 is 1.61. The second-order valence-corrected chi connectivity index (χ2v) is 9.87. The van der Waals surface area contributed by atoms with Crippen LogP contribution < -0.4 is 15.6 Å². The van der Waals surface area contributed by atoms with Gasteiger partial charge in [-0.05, 0) is 49.4 Å². The Balaban J connectivity index is 1.56. The third kappa shape index (κ3) is 4.34. The van der Waals surface area contributed by atoms with E-state index in [9.17, 15) is 13.2 Å². The van der Waals surface area contributed by atoms with Crippen LogP contribution in [0.2, 0.25) is 0 Å². The SMILES string of the molecule is COc1ccc(C(=O)OCc2nc(N)c3c4c(sc3n2)CCCCC4)cc1S(N)(=O)=O. The van der Waals surface area contributed by atoms with Gasteiger partial charge in [0.2, 0.25) is 10.0 Å². The maximum absolute atomic E-state index is 12.5. The number of hydrogen-bond donors (Lipinski definition) is 2. The van der Waals surface area contributed by atoms with Crippen LogP contribution in [0.25, 0.3) is 10.2 Å². The van der Waals surface area contributed by atoms with Crippen molar-refractivity contribution in [2.75, 3.05) is 12.8 Å². The number of esters is 1. The van der Waals surface area contributed by atoms with Crippen molar-refractivity contribution in [2.24, 2.45) is 5.14 Å². The Labute approximate surface area is 183 Å². The fraction of sp³-hybridized carbons (Fsp3) is 0.350. The molecule has 0 saturated carbocycles. The summed E-state index contributed by atoms with van der Waals surface area (Å²) in [6.07, 6.45) is 5.47. The fourth-order valence-electron chi connectivity index (χ4n) is 3.71. The summed E-state index contributed by atoms with van der Waals surface area (Å²) in [5, 5.41) is 6.10. The lowest BCUT2D eigenvalue weighted by Crippen LogP contribution is -2.15. The molecule has 0 bridgehead atoms. The number of sulfonamides is 1. The standard InChI is InChI=1S/C20H22N4O5S2/c1-28-13-8-7-11(9-15(13)31(22,26)27)20(25)29-10-16-23-18(21)17-12-5-3-2-4-6-14(12)30-19(17)24-16/h7-9H,2-6,10H2,1H3,(H2,21,23,24)(H2,22,26,27). The number of rotatable bonds is 5. The van der Waals surface area contributed by atoms with E-state index in [1.165, 1.54) is 36.1 Å². The highest BCUT2D eigenvalue weighted by atomic mass is 32.2. The summed E-state index contributed by atoms with van der Waals surface area (Å²) in [6, 6.07) is 3.85. The van der Waals surface area contributed by atoms with E-state index in [1.807, 2.05) is 0 Å². The van der Waals surface area contributed by atoms with Crippen LogP contribution in [0, 0.1) is 0 Å². The first-order valence-electron chi connectivity index (χ1n) is 9.72. The topological polar surface area (TPSA) is 147 Å². The van der Waals surface area contributed by atoms with Gasteiger partial charge in [0.25, 0.3) is 0 Å². The molecule has 4 N–H and O–H groups in total. The number of fused-ring (bicyclic) bond motifs is 3. The molecule has 2 heterocycles. The van der Waals surface area contributed by atoms with Gasteiger partial charge in [-0.3, -0.25) is 0 Å². The molecule has 1 aromatic carbocycles. The van der Waals surface area contributed by atoms with Crippen LogP contribution in [0.4, 0.5) is 5.82 Å². The minimum atomic E-state index is -4.08. The number of benzene rings is 1. The quantitative estimate of drug-likeness (QED) is 0.434. The zero-order chi connectivity index (χ0) is 22.2. The lowest BCUT2D eigenvalue weighted by atomic mass is 10.1. The Bertz CT molecular complexity index is 1270. The van der Waals surface area contributed by atoms with E-state index in [1.54, 1.807) is 11.3 Å². The number of nitrogen functional groups attached to an aromatic ring is 1. The van der Waals surface area contributed by atoms with Gasteiger partial charge in [0.15, 0.2) is 12.4 Å². The molecule has 0 amide bonds. The summed E-state index contributed by atoms with van der Waals surface area (Å²) in [5.74, 6) is -0.0267. The monoisotopic (exact) mass is 462 g/mol. The molecule has 9 nitrogen and oxygen atoms in total. The molecule has 1 aliphatic carbocycles. The smallest absolute Gasteiger partial charge is 0.338 e. The molecule has 0 saturated heterocycles. The molecule has 31 heavy (non-hydrogen) atoms. The van der Waals surface area contributed by atoms with Crippen molar-refractivity contribution in [3.8, 4) is 5.75 Å². The molecule has 0 radical (unpaired) electrons. The molecule has 1 aliphatic rings. The number of carbonyl (C=O) groups is 1. The highest BCUT2D eigenvalue weighted by molar-refractivity contribution is 7.89. The molecule has 0 fully saturated rings. The molecule has 3 aromatic rings. The summed E-state index contributed by atoms with van der Waals surface area (Å²) in [4.78, 5) is 23.1. The van der Waals surface area contributed by atoms with Gasteiger partial charge in [0.05, 0.1) is 18.1 Å². The van der Waals surface area contributed by atoms with Gasteiger partial charge < -0.3 is 15.2 Å². The molecule has 164 valence electrons. The number of ether oxygens (including phenoxy) is 2. The van der Waals surface area contributed by atoms with Crippen LogP contribution in [-0.4, -0.2) is 31.5 Å². The number of nitrogens with zero attached hydrogens (tertiary/aromatic N) is 2. The Morgan fingerprint density at radius 2 is 1.97 bits per heavy atom. The highest BCUT2D eigenvalue weighted by Gasteiger charge is 2.21. The molecular formula is C20H22N4O5S2. The molecule has 0 unspecified atom stereocenters. The second-order valence-electron chi connectivity index (χ2n) is 7.26. The van der Waals surface area contributed by atoms with E-state index < -0.39 is 16.0 Å². The number of methoxy groups -OCH3 is 1. The Morgan fingerprint density at radius 1 is 1.19 bits per heavy atom. The third-order valence-corrected chi connectivity index (χ3v) is 7.29. The molecule has 0 atom stereocenters. The number of nitrogens with two attached hydrogens (primary N) is 2. The Hall–Kier alpha value is -2.76. The van der Waals surface area contributed by atoms with Crippen LogP contribution >= 0.6 is 11.3 Å². The van der Waals surface area contributed by atoms with Gasteiger partial charge in [0.1, 0.15) is 21.3 Å². The molecule has 11 heteroatoms. The molecular weight excluding hydrogens is 440 g/mol. The Kier molecular flexibility index (Phi) is 5.82. The van der Waals surface area contributed by atoms with Crippen molar-refractivity contribution in [3.05, 3.63) is 40.0 Å². The van der Waals surface area contributed by atoms with Crippen molar-refractivity contribution in [1.29, 1.82) is 0 Å². The molecule has 4 rings (SSSR count). The van der Waals surface area contributed by atoms with E-state index in [2.05, 4.69) is 9.97 Å². The number of primary sulfonamides is 1. The van der Waals surface area contributed by atoms with Gasteiger partial charge in [-0.2, -0.15) is 0 Å². The summed E-state index contributed by atoms with van der Waals surface area (Å²) in [7, 11) is -2.77. The van der Waals surface area contributed by atoms with Crippen molar-refractivity contribution < 1.29 is 22.7 Å². The summed E-state index contributed by atoms with van der Waals surface area (Å²) < 4.78 is 33.8. The van der Waals surface area contributed by atoms with Crippen LogP contribution in [-0.2, 0) is 34.2 Å². The van der Waals surface area contributed by atoms with E-state index in [0.29, 0.717) is 5.82 Å². The Morgan fingerprint density at radius 3 is 2.71 bits per heavy atom. The van der Waals surface area contributed by atoms with Gasteiger partial charge in [-0.1, -0.05) is 6.42 Å². The number of hydrogen-bond acceptors (Lipinski definition) is 9. The van der Waals surface area contributed by atoms with Gasteiger partial charge in [-0.25, -0.2) is 28.3 Å². The van der Waals surface area contributed by atoms with E-state index in [4.69, 9.17) is 20.3 Å². The van der Waals surface area contributed by atoms with Gasteiger partial charge >= 0.3 is 5.97 Å². The number of anilines is 1. The largest absolute Gasteiger partial charge is 0.495 e. The average molecular weight is 463 g/mol. The van der Waals surface area contributed by atoms with Crippen LogP contribution in [0.5, 0.6) is 5.75 Å². The number of carbonyl (C=O) groups excluding carboxylic acids is 1. The first kappa shape index (κ1) is 21.5. The molecule has 0 aliphatic heterocycles. The summed E-state index contributed by atoms with van der Waals surface area (Å²) in [6.45, 7) is -0.196. The first-order chi connectivity index (χ1) is 14.8. The lowest BCUT2D eigenvalue weighted by Gasteiger charge is -2.09. The van der Waals surface area contributed by atoms with Crippen LogP contribution in [0.15, 0.2) is 23.1 Å². The number of aromatic nitrogens is 2. The van der Waals surface area contributed by atoms with E-state index in [0.717, 1.165) is 42.0 Å². The van der Waals surface area contributed by atoms with Crippen molar-refractivity contribution >= 4 is 43.4 Å².